The highest BCUT2D eigenvalue weighted by Crippen LogP contribution is 2.26. The molecule has 0 atom stereocenters. The highest BCUT2D eigenvalue weighted by Gasteiger charge is 2.26. The van der Waals surface area contributed by atoms with Crippen LogP contribution in [0, 0.1) is 6.92 Å². The van der Waals surface area contributed by atoms with Crippen LogP contribution in [0.25, 0.3) is 0 Å². The van der Waals surface area contributed by atoms with Gasteiger partial charge in [-0.2, -0.15) is 0 Å². The van der Waals surface area contributed by atoms with Crippen molar-refractivity contribution < 1.29 is 13.9 Å². The quantitative estimate of drug-likeness (QED) is 0.495. The number of carbonyl (C=O) groups excluding carboxylic acids is 1. The molecule has 0 bridgehead atoms. The Morgan fingerprint density at radius 2 is 1.86 bits per heavy atom. The largest absolute Gasteiger partial charge is 0.463 e. The van der Waals surface area contributed by atoms with Crippen LogP contribution in [-0.2, 0) is 17.8 Å². The maximum atomic E-state index is 12.5. The summed E-state index contributed by atoms with van der Waals surface area (Å²) in [7, 11) is 1.25. The lowest BCUT2D eigenvalue weighted by molar-refractivity contribution is 0.0562. The number of nitrogens with zero attached hydrogens (tertiary/aromatic N) is 4. The van der Waals surface area contributed by atoms with Gasteiger partial charge in [0.2, 0.25) is 11.7 Å². The zero-order valence-electron chi connectivity index (χ0n) is 15.4. The number of hydrogen-bond donors (Lipinski definition) is 0. The summed E-state index contributed by atoms with van der Waals surface area (Å²) < 4.78 is 12.4. The molecule has 0 fully saturated rings. The molecule has 0 aliphatic carbocycles. The second-order valence-corrected chi connectivity index (χ2v) is 6.46. The molecular formula is C19H18N4O5. The van der Waals surface area contributed by atoms with Crippen molar-refractivity contribution in [3.8, 4) is 0 Å². The fourth-order valence-electron chi connectivity index (χ4n) is 3.12. The van der Waals surface area contributed by atoms with E-state index in [0.717, 1.165) is 15.9 Å². The SMILES string of the molecule is COC(=O)c1ccc(Cn2nc3n(c(=O)c2=O)CCN3c2ccc(C)cc2)o1. The average Bonchev–Trinajstić information content (AvgIpc) is 3.33. The van der Waals surface area contributed by atoms with E-state index < -0.39 is 17.1 Å². The molecule has 1 aliphatic heterocycles. The lowest BCUT2D eigenvalue weighted by Gasteiger charge is -2.18. The van der Waals surface area contributed by atoms with E-state index in [9.17, 15) is 14.4 Å². The van der Waals surface area contributed by atoms with Crippen molar-refractivity contribution in [3.63, 3.8) is 0 Å². The Kier molecular flexibility index (Phi) is 4.34. The number of aromatic nitrogens is 3. The van der Waals surface area contributed by atoms with E-state index in [2.05, 4.69) is 9.84 Å². The van der Waals surface area contributed by atoms with Crippen molar-refractivity contribution in [3.05, 3.63) is 74.2 Å². The Bertz CT molecular complexity index is 1160. The first-order chi connectivity index (χ1) is 13.5. The molecular weight excluding hydrogens is 364 g/mol. The van der Waals surface area contributed by atoms with Crippen molar-refractivity contribution in [1.29, 1.82) is 0 Å². The number of benzene rings is 1. The Morgan fingerprint density at radius 3 is 2.57 bits per heavy atom. The maximum Gasteiger partial charge on any atom is 0.373 e. The van der Waals surface area contributed by atoms with Gasteiger partial charge in [0.1, 0.15) is 12.3 Å². The van der Waals surface area contributed by atoms with Crippen molar-refractivity contribution >= 4 is 17.6 Å². The predicted molar refractivity (Wildman–Crippen MR) is 100 cm³/mol. The number of carbonyl (C=O) groups is 1. The molecule has 0 amide bonds. The molecule has 2 aromatic heterocycles. The minimum absolute atomic E-state index is 0.0183. The molecule has 1 aromatic carbocycles. The van der Waals surface area contributed by atoms with Gasteiger partial charge in [0.15, 0.2) is 0 Å². The van der Waals surface area contributed by atoms with E-state index in [4.69, 9.17) is 4.42 Å². The van der Waals surface area contributed by atoms with Gasteiger partial charge < -0.3 is 14.1 Å². The summed E-state index contributed by atoms with van der Waals surface area (Å²) in [6.45, 7) is 2.86. The second kappa shape index (κ2) is 6.84. The molecule has 28 heavy (non-hydrogen) atoms. The average molecular weight is 382 g/mol. The molecule has 1 aliphatic rings. The summed E-state index contributed by atoms with van der Waals surface area (Å²) in [4.78, 5) is 38.4. The van der Waals surface area contributed by atoms with Gasteiger partial charge in [-0.3, -0.25) is 14.2 Å². The number of methoxy groups -OCH3 is 1. The highest BCUT2D eigenvalue weighted by atomic mass is 16.5. The van der Waals surface area contributed by atoms with Gasteiger partial charge in [0.05, 0.1) is 7.11 Å². The van der Waals surface area contributed by atoms with E-state index in [-0.39, 0.29) is 12.3 Å². The topological polar surface area (TPSA) is 99.6 Å². The lowest BCUT2D eigenvalue weighted by Crippen LogP contribution is -2.42. The monoisotopic (exact) mass is 382 g/mol. The van der Waals surface area contributed by atoms with Gasteiger partial charge in [-0.05, 0) is 31.2 Å². The number of esters is 1. The van der Waals surface area contributed by atoms with Crippen LogP contribution in [0.4, 0.5) is 11.6 Å². The minimum atomic E-state index is -0.745. The van der Waals surface area contributed by atoms with E-state index >= 15 is 0 Å². The number of aryl methyl sites for hydroxylation is 1. The number of fused-ring (bicyclic) bond motifs is 1. The number of anilines is 2. The summed E-state index contributed by atoms with van der Waals surface area (Å²) >= 11 is 0. The number of rotatable bonds is 4. The smallest absolute Gasteiger partial charge is 0.373 e. The van der Waals surface area contributed by atoms with Gasteiger partial charge in [-0.15, -0.1) is 5.10 Å². The minimum Gasteiger partial charge on any atom is -0.463 e. The van der Waals surface area contributed by atoms with Gasteiger partial charge in [-0.1, -0.05) is 17.7 Å². The van der Waals surface area contributed by atoms with Crippen molar-refractivity contribution in [1.82, 2.24) is 14.3 Å². The predicted octanol–water partition coefficient (Wildman–Crippen LogP) is 1.29. The van der Waals surface area contributed by atoms with E-state index in [0.29, 0.717) is 24.8 Å². The summed E-state index contributed by atoms with van der Waals surface area (Å²) in [5, 5.41) is 4.38. The first-order valence-corrected chi connectivity index (χ1v) is 8.71. The normalized spacial score (nSPS) is 12.9. The van der Waals surface area contributed by atoms with E-state index in [1.54, 1.807) is 6.07 Å². The highest BCUT2D eigenvalue weighted by molar-refractivity contribution is 5.86. The zero-order chi connectivity index (χ0) is 19.8. The number of ether oxygens (including phenoxy) is 1. The number of furan rings is 1. The molecule has 9 nitrogen and oxygen atoms in total. The Balaban J connectivity index is 1.71. The molecule has 0 N–H and O–H groups in total. The fraction of sp³-hybridized carbons (Fsp3) is 0.263. The summed E-state index contributed by atoms with van der Waals surface area (Å²) in [6.07, 6.45) is 0. The van der Waals surface area contributed by atoms with Gasteiger partial charge >= 0.3 is 17.1 Å². The summed E-state index contributed by atoms with van der Waals surface area (Å²) in [6, 6.07) is 10.8. The standard InChI is InChI=1S/C19H18N4O5/c1-12-3-5-13(6-4-12)21-9-10-22-16(24)17(25)23(20-19(21)22)11-14-7-8-15(28-14)18(26)27-2/h3-8H,9-11H2,1-2H3. The molecule has 9 heteroatoms. The lowest BCUT2D eigenvalue weighted by atomic mass is 10.2. The van der Waals surface area contributed by atoms with Crippen LogP contribution in [0.3, 0.4) is 0 Å². The second-order valence-electron chi connectivity index (χ2n) is 6.46. The molecule has 0 radical (unpaired) electrons. The third-order valence-corrected chi connectivity index (χ3v) is 4.60. The molecule has 3 heterocycles. The Hall–Kier alpha value is -3.62. The third-order valence-electron chi connectivity index (χ3n) is 4.60. The van der Waals surface area contributed by atoms with Crippen molar-refractivity contribution in [2.24, 2.45) is 0 Å². The van der Waals surface area contributed by atoms with Gasteiger partial charge in [0, 0.05) is 18.8 Å². The number of hydrogen-bond acceptors (Lipinski definition) is 7. The summed E-state index contributed by atoms with van der Waals surface area (Å²) in [5.41, 5.74) is 0.627. The van der Waals surface area contributed by atoms with E-state index in [1.807, 2.05) is 36.1 Å². The molecule has 0 saturated carbocycles. The maximum absolute atomic E-state index is 12.5. The molecule has 144 valence electrons. The molecule has 0 spiro atoms. The first kappa shape index (κ1) is 17.8. The van der Waals surface area contributed by atoms with Crippen LogP contribution < -0.4 is 16.0 Å². The fourth-order valence-corrected chi connectivity index (χ4v) is 3.12. The van der Waals surface area contributed by atoms with Gasteiger partial charge in [0.25, 0.3) is 0 Å². The van der Waals surface area contributed by atoms with Crippen LogP contribution >= 0.6 is 0 Å². The molecule has 0 saturated heterocycles. The van der Waals surface area contributed by atoms with Crippen LogP contribution in [0.5, 0.6) is 0 Å². The zero-order valence-corrected chi connectivity index (χ0v) is 15.4. The Morgan fingerprint density at radius 1 is 1.11 bits per heavy atom. The summed E-state index contributed by atoms with van der Waals surface area (Å²) in [5.74, 6) is 0.114. The van der Waals surface area contributed by atoms with E-state index in [1.165, 1.54) is 17.7 Å². The van der Waals surface area contributed by atoms with Crippen LogP contribution in [0.15, 0.2) is 50.4 Å². The Labute approximate surface area is 159 Å². The molecule has 4 rings (SSSR count). The molecule has 3 aromatic rings. The van der Waals surface area contributed by atoms with Crippen molar-refractivity contribution in [2.45, 2.75) is 20.0 Å². The van der Waals surface area contributed by atoms with Crippen LogP contribution in [0.2, 0.25) is 0 Å². The first-order valence-electron chi connectivity index (χ1n) is 8.71. The van der Waals surface area contributed by atoms with Crippen LogP contribution in [-0.4, -0.2) is 34.0 Å². The van der Waals surface area contributed by atoms with Gasteiger partial charge in [-0.25, -0.2) is 9.48 Å². The molecule has 0 unspecified atom stereocenters. The van der Waals surface area contributed by atoms with Crippen LogP contribution in [0.1, 0.15) is 21.9 Å². The third kappa shape index (κ3) is 3.00. The van der Waals surface area contributed by atoms with Crippen molar-refractivity contribution in [2.75, 3.05) is 18.6 Å².